The number of aryl methyl sites for hydroxylation is 1. The third-order valence-electron chi connectivity index (χ3n) is 13.8. The van der Waals surface area contributed by atoms with Gasteiger partial charge in [0.15, 0.2) is 0 Å². The predicted octanol–water partition coefficient (Wildman–Crippen LogP) is 8.42. The van der Waals surface area contributed by atoms with Crippen LogP contribution in [0.1, 0.15) is 120 Å². The minimum atomic E-state index is -0.961. The SMILES string of the molecule is Cc1ncsc1-c1ccc([C@H](C)NC(=O)[C@@H]2C[C@@H](O)CN2C(=O)[C@@H](NC(=O)COCCCCCOc2ccc3c(c2)CN(C2C(C)(C)C(Oc4ccc(C#N)c(Cl)c4)C2(C)C)C3=O)C(C)(C)C)cc1. The molecule has 0 spiro atoms. The second-order valence-corrected chi connectivity index (χ2v) is 22.2. The van der Waals surface area contributed by atoms with E-state index in [4.69, 9.17) is 25.8 Å². The van der Waals surface area contributed by atoms with Crippen LogP contribution in [0.2, 0.25) is 5.02 Å². The lowest BCUT2D eigenvalue weighted by Gasteiger charge is -2.65. The van der Waals surface area contributed by atoms with Gasteiger partial charge < -0.3 is 39.8 Å². The van der Waals surface area contributed by atoms with Gasteiger partial charge in [-0.3, -0.25) is 19.2 Å². The Morgan fingerprint density at radius 1 is 0.986 bits per heavy atom. The molecule has 4 aromatic rings. The Hall–Kier alpha value is -5.53. The van der Waals surface area contributed by atoms with Crippen molar-refractivity contribution in [2.24, 2.45) is 16.2 Å². The number of nitriles is 1. The zero-order chi connectivity index (χ0) is 50.0. The molecule has 1 saturated carbocycles. The average Bonchev–Trinajstić information content (AvgIpc) is 4.00. The zero-order valence-electron chi connectivity index (χ0n) is 41.1. The van der Waals surface area contributed by atoms with Gasteiger partial charge in [0, 0.05) is 54.6 Å². The van der Waals surface area contributed by atoms with Crippen LogP contribution in [0.4, 0.5) is 0 Å². The van der Waals surface area contributed by atoms with Gasteiger partial charge in [-0.1, -0.05) is 84.3 Å². The van der Waals surface area contributed by atoms with E-state index in [9.17, 15) is 29.5 Å². The molecule has 16 heteroatoms. The maximum atomic E-state index is 14.1. The van der Waals surface area contributed by atoms with Crippen molar-refractivity contribution in [1.29, 1.82) is 5.26 Å². The maximum absolute atomic E-state index is 14.1. The fourth-order valence-electron chi connectivity index (χ4n) is 10.7. The van der Waals surface area contributed by atoms with E-state index in [1.165, 1.54) is 4.90 Å². The quantitative estimate of drug-likeness (QED) is 0.0819. The van der Waals surface area contributed by atoms with Gasteiger partial charge in [0.25, 0.3) is 5.91 Å². The third kappa shape index (κ3) is 11.1. The molecule has 3 aromatic carbocycles. The Morgan fingerprint density at radius 3 is 2.33 bits per heavy atom. The lowest BCUT2D eigenvalue weighted by Crippen LogP contribution is -2.74. The van der Waals surface area contributed by atoms with Gasteiger partial charge in [-0.05, 0) is 85.5 Å². The highest BCUT2D eigenvalue weighted by atomic mass is 35.5. The topological polar surface area (TPSA) is 183 Å². The van der Waals surface area contributed by atoms with Crippen molar-refractivity contribution in [1.82, 2.24) is 25.4 Å². The van der Waals surface area contributed by atoms with Crippen LogP contribution in [-0.4, -0.2) is 100 Å². The predicted molar refractivity (Wildman–Crippen MR) is 265 cm³/mol. The summed E-state index contributed by atoms with van der Waals surface area (Å²) in [5.74, 6) is 0.0182. The van der Waals surface area contributed by atoms with E-state index >= 15 is 0 Å². The number of amides is 4. The van der Waals surface area contributed by atoms with Gasteiger partial charge in [0.2, 0.25) is 17.7 Å². The van der Waals surface area contributed by atoms with Gasteiger partial charge >= 0.3 is 0 Å². The van der Waals surface area contributed by atoms with Gasteiger partial charge in [-0.2, -0.15) is 5.26 Å². The molecule has 1 aliphatic carbocycles. The lowest BCUT2D eigenvalue weighted by molar-refractivity contribution is -0.199. The number of nitrogens with one attached hydrogen (secondary N) is 2. The summed E-state index contributed by atoms with van der Waals surface area (Å²) in [6, 6.07) is 18.4. The Labute approximate surface area is 414 Å². The van der Waals surface area contributed by atoms with Crippen molar-refractivity contribution in [3.63, 3.8) is 0 Å². The highest BCUT2D eigenvalue weighted by molar-refractivity contribution is 7.13. The summed E-state index contributed by atoms with van der Waals surface area (Å²) in [5.41, 5.74) is 5.26. The number of aromatic nitrogens is 1. The number of benzene rings is 3. The van der Waals surface area contributed by atoms with Crippen molar-refractivity contribution in [3.8, 4) is 28.0 Å². The molecule has 4 amide bonds. The van der Waals surface area contributed by atoms with Gasteiger partial charge in [-0.25, -0.2) is 4.98 Å². The monoisotopic (exact) mass is 980 g/mol. The number of carbonyl (C=O) groups is 4. The molecule has 7 rings (SSSR count). The van der Waals surface area contributed by atoms with Gasteiger partial charge in [-0.15, -0.1) is 11.3 Å². The highest BCUT2D eigenvalue weighted by Gasteiger charge is 2.67. The molecular weight excluding hydrogens is 916 g/mol. The van der Waals surface area contributed by atoms with Crippen LogP contribution in [0.25, 0.3) is 10.4 Å². The summed E-state index contributed by atoms with van der Waals surface area (Å²) >= 11 is 7.86. The zero-order valence-corrected chi connectivity index (χ0v) is 42.6. The van der Waals surface area contributed by atoms with Crippen LogP contribution in [0, 0.1) is 34.5 Å². The average molecular weight is 982 g/mol. The van der Waals surface area contributed by atoms with E-state index < -0.39 is 35.4 Å². The summed E-state index contributed by atoms with van der Waals surface area (Å²) in [7, 11) is 0. The molecule has 368 valence electrons. The normalized spacial score (nSPS) is 21.2. The molecule has 3 aliphatic rings. The number of hydrogen-bond donors (Lipinski definition) is 3. The number of hydrogen-bond acceptors (Lipinski definition) is 11. The summed E-state index contributed by atoms with van der Waals surface area (Å²) in [6.45, 7) is 18.9. The number of nitrogens with zero attached hydrogens (tertiary/aromatic N) is 4. The van der Waals surface area contributed by atoms with Gasteiger partial charge in [0.1, 0.15) is 42.4 Å². The van der Waals surface area contributed by atoms with Crippen LogP contribution in [0.3, 0.4) is 0 Å². The number of carbonyl (C=O) groups excluding carboxylic acids is 4. The molecule has 1 aromatic heterocycles. The number of likely N-dealkylation sites (tertiary alicyclic amines) is 1. The van der Waals surface area contributed by atoms with E-state index in [2.05, 4.69) is 49.4 Å². The van der Waals surface area contributed by atoms with Crippen molar-refractivity contribution >= 4 is 46.6 Å². The van der Waals surface area contributed by atoms with Crippen LogP contribution < -0.4 is 20.1 Å². The molecule has 14 nitrogen and oxygen atoms in total. The second-order valence-electron chi connectivity index (χ2n) is 20.9. The number of β-amino-alcohol motifs (C(OH)–C–C–N with tert-alkyl or cyclic N) is 1. The first-order valence-electron chi connectivity index (χ1n) is 23.7. The lowest BCUT2D eigenvalue weighted by atomic mass is 9.49. The first kappa shape index (κ1) is 51.3. The van der Waals surface area contributed by atoms with E-state index in [1.807, 2.05) is 87.5 Å². The molecular formula is C53H65ClN6O8S. The number of aliphatic hydroxyl groups is 1. The molecule has 3 heterocycles. The summed E-state index contributed by atoms with van der Waals surface area (Å²) in [6.07, 6.45) is 1.25. The number of ether oxygens (including phenoxy) is 3. The highest BCUT2D eigenvalue weighted by Crippen LogP contribution is 2.59. The molecule has 69 heavy (non-hydrogen) atoms. The number of rotatable bonds is 18. The van der Waals surface area contributed by atoms with Gasteiger partial charge in [0.05, 0.1) is 45.4 Å². The summed E-state index contributed by atoms with van der Waals surface area (Å²) in [5, 5.41) is 26.1. The van der Waals surface area contributed by atoms with E-state index in [-0.39, 0.29) is 60.4 Å². The maximum Gasteiger partial charge on any atom is 0.254 e. The van der Waals surface area contributed by atoms with Crippen molar-refractivity contribution in [2.75, 3.05) is 26.4 Å². The van der Waals surface area contributed by atoms with Crippen LogP contribution in [-0.2, 0) is 25.7 Å². The molecule has 0 radical (unpaired) electrons. The minimum absolute atomic E-state index is 0.0107. The molecule has 4 atom stereocenters. The molecule has 2 fully saturated rings. The van der Waals surface area contributed by atoms with E-state index in [0.717, 1.165) is 40.1 Å². The largest absolute Gasteiger partial charge is 0.494 e. The molecule has 0 unspecified atom stereocenters. The first-order valence-corrected chi connectivity index (χ1v) is 25.0. The second kappa shape index (κ2) is 20.8. The number of thiazole rings is 1. The fourth-order valence-corrected chi connectivity index (χ4v) is 11.7. The number of unbranched alkanes of at least 4 members (excludes halogenated alkanes) is 2. The van der Waals surface area contributed by atoms with Crippen molar-refractivity contribution in [2.45, 2.75) is 131 Å². The number of fused-ring (bicyclic) bond motifs is 1. The van der Waals surface area contributed by atoms with Crippen molar-refractivity contribution in [3.05, 3.63) is 99.1 Å². The minimum Gasteiger partial charge on any atom is -0.494 e. The summed E-state index contributed by atoms with van der Waals surface area (Å²) in [4.78, 5) is 63.4. The Kier molecular flexibility index (Phi) is 15.5. The smallest absolute Gasteiger partial charge is 0.254 e. The first-order chi connectivity index (χ1) is 32.6. The molecule has 2 aliphatic heterocycles. The Balaban J connectivity index is 0.826. The van der Waals surface area contributed by atoms with E-state index in [1.54, 1.807) is 29.5 Å². The standard InChI is InChI=1S/C53H65ClN6O8S/c1-31(33-13-15-34(16-14-33)44-32(2)56-30-69-44)57-46(63)42-24-37(61)28-59(42)48(65)45(51(3,4)5)58-43(62)29-66-21-11-10-12-22-67-38-19-20-40-36(23-38)27-60(47(40)64)49-52(6,7)50(53(49,8)9)68-39-18-17-35(26-55)41(54)25-39/h13-20,23,25,30-31,37,42,45,49-50,61H,10-12,21-22,24,27-29H2,1-9H3,(H,57,63)(H,58,62)/t31-,37+,42-,45+,49?,50?/m0/s1. The van der Waals surface area contributed by atoms with E-state index in [0.29, 0.717) is 53.8 Å². The van der Waals surface area contributed by atoms with Crippen LogP contribution in [0.5, 0.6) is 11.5 Å². The Bertz CT molecular complexity index is 2570. The number of aliphatic hydroxyl groups excluding tert-OH is 1. The molecule has 0 bridgehead atoms. The number of halogens is 1. The molecule has 3 N–H and O–H groups in total. The fraction of sp³-hybridized carbons (Fsp3) is 0.509. The Morgan fingerprint density at radius 2 is 1.68 bits per heavy atom. The molecule has 1 saturated heterocycles. The third-order valence-corrected chi connectivity index (χ3v) is 15.1. The van der Waals surface area contributed by atoms with Crippen molar-refractivity contribution < 1.29 is 38.5 Å². The summed E-state index contributed by atoms with van der Waals surface area (Å²) < 4.78 is 18.3. The van der Waals surface area contributed by atoms with Crippen LogP contribution >= 0.6 is 22.9 Å². The van der Waals surface area contributed by atoms with Crippen LogP contribution in [0.15, 0.2) is 66.2 Å².